The maximum Gasteiger partial charge on any atom is 0.573 e. The first-order valence-corrected chi connectivity index (χ1v) is 5.13. The van der Waals surface area contributed by atoms with Crippen molar-refractivity contribution in [3.05, 3.63) is 28.8 Å². The van der Waals surface area contributed by atoms with Crippen LogP contribution in [-0.4, -0.2) is 18.1 Å². The minimum atomic E-state index is -4.78. The van der Waals surface area contributed by atoms with Gasteiger partial charge in [-0.1, -0.05) is 17.7 Å². The number of aliphatic hydroxyl groups is 1. The molecule has 1 rings (SSSR count). The van der Waals surface area contributed by atoms with E-state index in [-0.39, 0.29) is 11.6 Å². The summed E-state index contributed by atoms with van der Waals surface area (Å²) in [6.07, 6.45) is -4.48. The molecule has 0 heterocycles. The van der Waals surface area contributed by atoms with E-state index in [4.69, 9.17) is 22.4 Å². The Morgan fingerprint density at radius 1 is 1.41 bits per heavy atom. The summed E-state index contributed by atoms with van der Waals surface area (Å²) in [7, 11) is 0. The molecule has 1 unspecified atom stereocenters. The lowest BCUT2D eigenvalue weighted by Crippen LogP contribution is -2.17. The van der Waals surface area contributed by atoms with E-state index in [1.165, 1.54) is 12.1 Å². The number of alkyl halides is 3. The maximum atomic E-state index is 12.0. The highest BCUT2D eigenvalue weighted by Crippen LogP contribution is 2.32. The van der Waals surface area contributed by atoms with Gasteiger partial charge < -0.3 is 15.6 Å². The Morgan fingerprint density at radius 3 is 2.53 bits per heavy atom. The first kappa shape index (κ1) is 14.1. The van der Waals surface area contributed by atoms with Crippen LogP contribution < -0.4 is 10.5 Å². The summed E-state index contributed by atoms with van der Waals surface area (Å²) in [5, 5.41) is 8.52. The average molecular weight is 270 g/mol. The van der Waals surface area contributed by atoms with E-state index in [1.807, 2.05) is 0 Å². The van der Waals surface area contributed by atoms with Gasteiger partial charge in [0.15, 0.2) is 0 Å². The molecule has 0 bridgehead atoms. The van der Waals surface area contributed by atoms with Crippen molar-refractivity contribution in [3.8, 4) is 5.75 Å². The molecule has 0 fully saturated rings. The van der Waals surface area contributed by atoms with Crippen molar-refractivity contribution in [2.24, 2.45) is 5.73 Å². The van der Waals surface area contributed by atoms with Crippen LogP contribution in [0, 0.1) is 0 Å². The van der Waals surface area contributed by atoms with Crippen LogP contribution in [0.1, 0.15) is 18.0 Å². The molecule has 0 aliphatic carbocycles. The van der Waals surface area contributed by atoms with E-state index >= 15 is 0 Å². The number of benzene rings is 1. The molecular weight excluding hydrogens is 259 g/mol. The number of hydrogen-bond acceptors (Lipinski definition) is 3. The van der Waals surface area contributed by atoms with E-state index in [9.17, 15) is 13.2 Å². The van der Waals surface area contributed by atoms with Crippen molar-refractivity contribution in [1.82, 2.24) is 0 Å². The van der Waals surface area contributed by atoms with E-state index in [1.54, 1.807) is 0 Å². The van der Waals surface area contributed by atoms with Crippen LogP contribution in [0.2, 0.25) is 5.02 Å². The molecule has 0 amide bonds. The molecule has 1 aromatic carbocycles. The number of aliphatic hydroxyl groups excluding tert-OH is 1. The molecule has 3 N–H and O–H groups in total. The van der Waals surface area contributed by atoms with Crippen LogP contribution in [0.4, 0.5) is 13.2 Å². The van der Waals surface area contributed by atoms with Crippen LogP contribution in [0.25, 0.3) is 0 Å². The van der Waals surface area contributed by atoms with Gasteiger partial charge in [-0.05, 0) is 24.1 Å². The normalized spacial score (nSPS) is 13.5. The predicted molar refractivity (Wildman–Crippen MR) is 56.8 cm³/mol. The Bertz CT molecular complexity index is 384. The fourth-order valence-corrected chi connectivity index (χ4v) is 1.49. The van der Waals surface area contributed by atoms with Crippen LogP contribution >= 0.6 is 11.6 Å². The number of hydrogen-bond donors (Lipinski definition) is 2. The van der Waals surface area contributed by atoms with E-state index < -0.39 is 18.2 Å². The largest absolute Gasteiger partial charge is 0.573 e. The van der Waals surface area contributed by atoms with Gasteiger partial charge in [0, 0.05) is 12.6 Å². The summed E-state index contributed by atoms with van der Waals surface area (Å²) in [6, 6.07) is 3.30. The standard InChI is InChI=1S/C10H11ClF3NO2/c11-7-5-6(8(15)3-4-16)1-2-9(7)17-10(12,13)14/h1-2,5,8,16H,3-4,15H2. The number of ether oxygens (including phenoxy) is 1. The zero-order valence-corrected chi connectivity index (χ0v) is 9.42. The molecule has 0 aliphatic heterocycles. The maximum absolute atomic E-state index is 12.0. The number of nitrogens with two attached hydrogens (primary N) is 1. The molecule has 7 heteroatoms. The minimum Gasteiger partial charge on any atom is -0.404 e. The lowest BCUT2D eigenvalue weighted by molar-refractivity contribution is -0.274. The van der Waals surface area contributed by atoms with Crippen LogP contribution in [0.5, 0.6) is 5.75 Å². The summed E-state index contributed by atoms with van der Waals surface area (Å²) in [5.74, 6) is -0.473. The lowest BCUT2D eigenvalue weighted by atomic mass is 10.1. The lowest BCUT2D eigenvalue weighted by Gasteiger charge is -2.14. The van der Waals surface area contributed by atoms with Gasteiger partial charge in [0.05, 0.1) is 5.02 Å². The van der Waals surface area contributed by atoms with Crippen LogP contribution in [-0.2, 0) is 0 Å². The SMILES string of the molecule is NC(CCO)c1ccc(OC(F)(F)F)c(Cl)c1. The van der Waals surface area contributed by atoms with Crippen molar-refractivity contribution in [2.45, 2.75) is 18.8 Å². The average Bonchev–Trinajstić information content (AvgIpc) is 2.19. The van der Waals surface area contributed by atoms with E-state index in [0.717, 1.165) is 6.07 Å². The predicted octanol–water partition coefficient (Wildman–Crippen LogP) is 2.62. The Labute approximate surface area is 101 Å². The molecule has 1 aromatic rings. The molecule has 3 nitrogen and oxygen atoms in total. The fraction of sp³-hybridized carbons (Fsp3) is 0.400. The quantitative estimate of drug-likeness (QED) is 0.883. The third-order valence-corrected chi connectivity index (χ3v) is 2.35. The zero-order valence-electron chi connectivity index (χ0n) is 8.67. The van der Waals surface area contributed by atoms with Gasteiger partial charge in [0.1, 0.15) is 5.75 Å². The van der Waals surface area contributed by atoms with Crippen LogP contribution in [0.15, 0.2) is 18.2 Å². The van der Waals surface area contributed by atoms with Gasteiger partial charge in [0.2, 0.25) is 0 Å². The minimum absolute atomic E-state index is 0.112. The highest BCUT2D eigenvalue weighted by Gasteiger charge is 2.32. The second kappa shape index (κ2) is 5.57. The van der Waals surface area contributed by atoms with Gasteiger partial charge in [-0.2, -0.15) is 0 Å². The third kappa shape index (κ3) is 4.41. The Hall–Kier alpha value is -0.980. The summed E-state index contributed by atoms with van der Waals surface area (Å²) in [5.41, 5.74) is 6.21. The van der Waals surface area contributed by atoms with Crippen molar-refractivity contribution < 1.29 is 23.0 Å². The first-order valence-electron chi connectivity index (χ1n) is 4.75. The summed E-state index contributed by atoms with van der Waals surface area (Å²) >= 11 is 5.64. The second-order valence-corrected chi connectivity index (χ2v) is 3.76. The first-order chi connectivity index (χ1) is 7.83. The second-order valence-electron chi connectivity index (χ2n) is 3.36. The third-order valence-electron chi connectivity index (χ3n) is 2.05. The highest BCUT2D eigenvalue weighted by molar-refractivity contribution is 6.32. The molecular formula is C10H11ClF3NO2. The Balaban J connectivity index is 2.86. The van der Waals surface area contributed by atoms with Gasteiger partial charge in [0.25, 0.3) is 0 Å². The zero-order chi connectivity index (χ0) is 13.1. The van der Waals surface area contributed by atoms with Gasteiger partial charge in [-0.3, -0.25) is 0 Å². The van der Waals surface area contributed by atoms with Crippen molar-refractivity contribution >= 4 is 11.6 Å². The molecule has 0 aromatic heterocycles. The number of halogens is 4. The Kier molecular flexibility index (Phi) is 4.62. The van der Waals surface area contributed by atoms with Gasteiger partial charge >= 0.3 is 6.36 Å². The molecule has 0 aliphatic rings. The van der Waals surface area contributed by atoms with Crippen molar-refractivity contribution in [2.75, 3.05) is 6.61 Å². The molecule has 0 spiro atoms. The number of rotatable bonds is 4. The fourth-order valence-electron chi connectivity index (χ4n) is 1.26. The van der Waals surface area contributed by atoms with E-state index in [2.05, 4.69) is 4.74 Å². The molecule has 0 radical (unpaired) electrons. The van der Waals surface area contributed by atoms with E-state index in [0.29, 0.717) is 12.0 Å². The monoisotopic (exact) mass is 269 g/mol. The summed E-state index contributed by atoms with van der Waals surface area (Å²) in [6.45, 7) is -0.112. The molecule has 1 atom stereocenters. The van der Waals surface area contributed by atoms with Crippen molar-refractivity contribution in [1.29, 1.82) is 0 Å². The van der Waals surface area contributed by atoms with Crippen LogP contribution in [0.3, 0.4) is 0 Å². The smallest absolute Gasteiger partial charge is 0.404 e. The molecule has 0 saturated heterocycles. The molecule has 96 valence electrons. The topological polar surface area (TPSA) is 55.5 Å². The van der Waals surface area contributed by atoms with Gasteiger partial charge in [-0.15, -0.1) is 13.2 Å². The summed E-state index contributed by atoms with van der Waals surface area (Å²) in [4.78, 5) is 0. The molecule has 0 saturated carbocycles. The summed E-state index contributed by atoms with van der Waals surface area (Å²) < 4.78 is 39.6. The Morgan fingerprint density at radius 2 is 2.06 bits per heavy atom. The molecule has 17 heavy (non-hydrogen) atoms. The van der Waals surface area contributed by atoms with Crippen molar-refractivity contribution in [3.63, 3.8) is 0 Å². The highest BCUT2D eigenvalue weighted by atomic mass is 35.5. The van der Waals surface area contributed by atoms with Gasteiger partial charge in [-0.25, -0.2) is 0 Å².